The fourth-order valence-corrected chi connectivity index (χ4v) is 5.65. The highest BCUT2D eigenvalue weighted by atomic mass is 32.2. The monoisotopic (exact) mass is 448 g/mol. The number of aryl methyl sites for hydroxylation is 2. The summed E-state index contributed by atoms with van der Waals surface area (Å²) < 4.78 is 28.4. The second kappa shape index (κ2) is 8.88. The van der Waals surface area contributed by atoms with Gasteiger partial charge in [-0.05, 0) is 56.5 Å². The van der Waals surface area contributed by atoms with Gasteiger partial charge in [-0.15, -0.1) is 0 Å². The third-order valence-corrected chi connectivity index (χ3v) is 7.69. The molecule has 4 rings (SSSR count). The molecule has 1 amide bonds. The minimum Gasteiger partial charge on any atom is -0.308 e. The Morgan fingerprint density at radius 1 is 0.969 bits per heavy atom. The molecule has 1 atom stereocenters. The predicted molar refractivity (Wildman–Crippen MR) is 127 cm³/mol. The molecule has 3 aromatic carbocycles. The summed E-state index contributed by atoms with van der Waals surface area (Å²) in [5.74, 6) is -0.217. The summed E-state index contributed by atoms with van der Waals surface area (Å²) in [6.07, 6.45) is 0.768. The van der Waals surface area contributed by atoms with Gasteiger partial charge in [-0.1, -0.05) is 65.7 Å². The highest BCUT2D eigenvalue weighted by Crippen LogP contribution is 2.32. The van der Waals surface area contributed by atoms with Crippen LogP contribution < -0.4 is 4.90 Å². The molecule has 0 aliphatic carbocycles. The van der Waals surface area contributed by atoms with E-state index in [9.17, 15) is 13.2 Å². The Bertz CT molecular complexity index is 1240. The minimum atomic E-state index is -3.86. The van der Waals surface area contributed by atoms with Crippen molar-refractivity contribution in [3.63, 3.8) is 0 Å². The molecule has 1 aliphatic heterocycles. The lowest BCUT2D eigenvalue weighted by atomic mass is 10.1. The molecule has 32 heavy (non-hydrogen) atoms. The van der Waals surface area contributed by atoms with Gasteiger partial charge in [-0.2, -0.15) is 4.31 Å². The molecule has 1 heterocycles. The van der Waals surface area contributed by atoms with Gasteiger partial charge in [0.1, 0.15) is 0 Å². The Balaban J connectivity index is 1.68. The molecule has 0 N–H and O–H groups in total. The minimum absolute atomic E-state index is 0.0113. The number of carbonyl (C=O) groups is 1. The number of sulfonamides is 1. The Labute approximate surface area is 190 Å². The van der Waals surface area contributed by atoms with Crippen LogP contribution in [0.1, 0.15) is 29.2 Å². The zero-order valence-corrected chi connectivity index (χ0v) is 19.5. The number of amides is 1. The van der Waals surface area contributed by atoms with Gasteiger partial charge >= 0.3 is 0 Å². The fourth-order valence-electron chi connectivity index (χ4n) is 4.27. The maximum Gasteiger partial charge on any atom is 0.243 e. The Morgan fingerprint density at radius 2 is 1.69 bits per heavy atom. The van der Waals surface area contributed by atoms with E-state index in [2.05, 4.69) is 0 Å². The van der Waals surface area contributed by atoms with Gasteiger partial charge in [0.2, 0.25) is 15.9 Å². The number of rotatable bonds is 6. The second-order valence-electron chi connectivity index (χ2n) is 8.52. The van der Waals surface area contributed by atoms with Crippen LogP contribution in [0.5, 0.6) is 0 Å². The quantitative estimate of drug-likeness (QED) is 0.559. The van der Waals surface area contributed by atoms with Crippen molar-refractivity contribution in [1.82, 2.24) is 4.31 Å². The largest absolute Gasteiger partial charge is 0.308 e. The van der Waals surface area contributed by atoms with Crippen molar-refractivity contribution in [2.24, 2.45) is 0 Å². The topological polar surface area (TPSA) is 57.7 Å². The van der Waals surface area contributed by atoms with Gasteiger partial charge in [-0.25, -0.2) is 8.42 Å². The van der Waals surface area contributed by atoms with E-state index in [0.717, 1.165) is 34.4 Å². The molecular formula is C26H28N2O3S. The third-order valence-electron chi connectivity index (χ3n) is 5.89. The van der Waals surface area contributed by atoms with E-state index >= 15 is 0 Å². The van der Waals surface area contributed by atoms with Crippen LogP contribution in [0.15, 0.2) is 77.7 Å². The van der Waals surface area contributed by atoms with Crippen LogP contribution in [0.4, 0.5) is 5.69 Å². The molecule has 0 bridgehead atoms. The van der Waals surface area contributed by atoms with Crippen molar-refractivity contribution in [3.8, 4) is 0 Å². The van der Waals surface area contributed by atoms with Crippen molar-refractivity contribution in [1.29, 1.82) is 0 Å². The van der Waals surface area contributed by atoms with E-state index in [4.69, 9.17) is 0 Å². The molecule has 166 valence electrons. The predicted octanol–water partition coefficient (Wildman–Crippen LogP) is 4.47. The number of carbonyl (C=O) groups excluding carboxylic acids is 1. The lowest BCUT2D eigenvalue weighted by Gasteiger charge is -2.27. The summed E-state index contributed by atoms with van der Waals surface area (Å²) in [4.78, 5) is 15.4. The first-order valence-corrected chi connectivity index (χ1v) is 12.2. The fraction of sp³-hybridized carbons (Fsp3) is 0.269. The molecule has 0 saturated carbocycles. The molecule has 0 aromatic heterocycles. The summed E-state index contributed by atoms with van der Waals surface area (Å²) in [5, 5.41) is 0. The molecular weight excluding hydrogens is 420 g/mol. The number of para-hydroxylation sites is 1. The van der Waals surface area contributed by atoms with Crippen molar-refractivity contribution in [3.05, 3.63) is 95.1 Å². The van der Waals surface area contributed by atoms with Gasteiger partial charge in [0.05, 0.1) is 11.4 Å². The Kier molecular flexibility index (Phi) is 6.17. The molecule has 0 radical (unpaired) electrons. The molecule has 1 aliphatic rings. The Morgan fingerprint density at radius 3 is 2.41 bits per heavy atom. The van der Waals surface area contributed by atoms with Crippen LogP contribution in [-0.2, 0) is 27.8 Å². The number of nitrogens with zero attached hydrogens (tertiary/aromatic N) is 2. The smallest absolute Gasteiger partial charge is 0.243 e. The van der Waals surface area contributed by atoms with Crippen LogP contribution >= 0.6 is 0 Å². The van der Waals surface area contributed by atoms with Gasteiger partial charge in [0, 0.05) is 18.3 Å². The number of hydrogen-bond acceptors (Lipinski definition) is 3. The number of fused-ring (bicyclic) bond motifs is 1. The first kappa shape index (κ1) is 22.2. The van der Waals surface area contributed by atoms with E-state index in [-0.39, 0.29) is 29.9 Å². The van der Waals surface area contributed by atoms with E-state index < -0.39 is 10.0 Å². The normalized spacial score (nSPS) is 15.8. The molecule has 0 spiro atoms. The summed E-state index contributed by atoms with van der Waals surface area (Å²) in [6, 6.07) is 22.3. The molecule has 0 unspecified atom stereocenters. The maximum atomic E-state index is 13.6. The summed E-state index contributed by atoms with van der Waals surface area (Å²) in [7, 11) is -3.86. The van der Waals surface area contributed by atoms with Crippen molar-refractivity contribution >= 4 is 21.6 Å². The van der Waals surface area contributed by atoms with Crippen LogP contribution in [0.3, 0.4) is 0 Å². The molecule has 0 fully saturated rings. The highest BCUT2D eigenvalue weighted by molar-refractivity contribution is 7.89. The molecule has 5 nitrogen and oxygen atoms in total. The average Bonchev–Trinajstić information content (AvgIpc) is 3.09. The second-order valence-corrected chi connectivity index (χ2v) is 10.5. The van der Waals surface area contributed by atoms with Crippen molar-refractivity contribution in [2.45, 2.75) is 44.7 Å². The first-order chi connectivity index (χ1) is 15.3. The molecule has 0 saturated heterocycles. The van der Waals surface area contributed by atoms with Crippen LogP contribution in [0.2, 0.25) is 0 Å². The SMILES string of the molecule is Cc1ccc(S(=O)(=O)N(CC(=O)N2c3ccccc3C[C@H]2C)Cc2cccc(C)c2)cc1. The summed E-state index contributed by atoms with van der Waals surface area (Å²) in [5.41, 5.74) is 4.85. The zero-order chi connectivity index (χ0) is 22.9. The number of hydrogen-bond donors (Lipinski definition) is 0. The number of benzene rings is 3. The van der Waals surface area contributed by atoms with Crippen LogP contribution in [0.25, 0.3) is 0 Å². The third kappa shape index (κ3) is 4.47. The number of anilines is 1. The summed E-state index contributed by atoms with van der Waals surface area (Å²) in [6.45, 7) is 5.79. The standard InChI is InChI=1S/C26H28N2O3S/c1-19-11-13-24(14-12-19)32(30,31)27(17-22-8-6-7-20(2)15-22)18-26(29)28-21(3)16-23-9-4-5-10-25(23)28/h4-15,21H,16-18H2,1-3H3/t21-/m1/s1. The highest BCUT2D eigenvalue weighted by Gasteiger charge is 2.34. The molecule has 3 aromatic rings. The average molecular weight is 449 g/mol. The van der Waals surface area contributed by atoms with Crippen molar-refractivity contribution in [2.75, 3.05) is 11.4 Å². The van der Waals surface area contributed by atoms with E-state index in [1.807, 2.05) is 69.3 Å². The van der Waals surface area contributed by atoms with Gasteiger partial charge < -0.3 is 4.90 Å². The Hall–Kier alpha value is -2.96. The van der Waals surface area contributed by atoms with Crippen LogP contribution in [-0.4, -0.2) is 31.2 Å². The summed E-state index contributed by atoms with van der Waals surface area (Å²) >= 11 is 0. The maximum absolute atomic E-state index is 13.6. The van der Waals surface area contributed by atoms with E-state index in [1.165, 1.54) is 4.31 Å². The van der Waals surface area contributed by atoms with Gasteiger partial charge in [0.25, 0.3) is 0 Å². The first-order valence-electron chi connectivity index (χ1n) is 10.8. The van der Waals surface area contributed by atoms with E-state index in [1.54, 1.807) is 29.2 Å². The zero-order valence-electron chi connectivity index (χ0n) is 18.7. The van der Waals surface area contributed by atoms with Gasteiger partial charge in [0.15, 0.2) is 0 Å². The van der Waals surface area contributed by atoms with Gasteiger partial charge in [-0.3, -0.25) is 4.79 Å². The lowest BCUT2D eigenvalue weighted by Crippen LogP contribution is -2.44. The van der Waals surface area contributed by atoms with Crippen LogP contribution in [0, 0.1) is 13.8 Å². The van der Waals surface area contributed by atoms with E-state index in [0.29, 0.717) is 0 Å². The molecule has 6 heteroatoms. The van der Waals surface area contributed by atoms with Crippen molar-refractivity contribution < 1.29 is 13.2 Å². The lowest BCUT2D eigenvalue weighted by molar-refractivity contribution is -0.119.